The standard InChI is InChI=1S/C50H61ClN7O7S/c1-7-41(60)14-18-46(34(3)59)57(31-35-9-8-10-35)48(61)44-17-13-40(27-33(44)2)56-23-20-43(21-24-56)63-25-26-64-47-36(30-52)28-38(29-45(47)51)50(4,5)37-11-15-42(16-12-37)65-32-39-19-22-53-49(54-39)55-58(6,62)66/h11-13,15-17,19,22,27-29,31,43,46,62,66H,7-10,14,18,20-21,23-26,32H2,1-6H3,(H,53,54,55)/q+1. The molecule has 1 aliphatic carbocycles. The van der Waals surface area contributed by atoms with Gasteiger partial charge in [0.2, 0.25) is 0 Å². The van der Waals surface area contributed by atoms with Gasteiger partial charge in [-0.05, 0) is 122 Å². The number of hydroxylamine groups is 1. The van der Waals surface area contributed by atoms with Crippen molar-refractivity contribution in [3.8, 4) is 17.6 Å². The molecule has 6 rings (SSSR count). The summed E-state index contributed by atoms with van der Waals surface area (Å²) < 4.78 is 17.4. The second-order valence-electron chi connectivity index (χ2n) is 17.6. The summed E-state index contributed by atoms with van der Waals surface area (Å²) in [5.41, 5.74) is 8.46. The molecule has 3 aromatic carbocycles. The fraction of sp³-hybridized carbons (Fsp3) is 0.440. The number of allylic oxidation sites excluding steroid dienone is 1. The lowest BCUT2D eigenvalue weighted by molar-refractivity contribution is -0.955. The van der Waals surface area contributed by atoms with Gasteiger partial charge in [0.15, 0.2) is 11.5 Å². The van der Waals surface area contributed by atoms with Crippen LogP contribution in [0.3, 0.4) is 0 Å². The quantitative estimate of drug-likeness (QED) is 0.0314. The lowest BCUT2D eigenvalue weighted by Gasteiger charge is -2.34. The maximum absolute atomic E-state index is 14.1. The fourth-order valence-electron chi connectivity index (χ4n) is 8.07. The molecular formula is C50H61ClN7O7S+. The Morgan fingerprint density at radius 3 is 2.42 bits per heavy atom. The topological polar surface area (TPSA) is 167 Å². The van der Waals surface area contributed by atoms with Crippen molar-refractivity contribution in [1.82, 2.24) is 14.9 Å². The lowest BCUT2D eigenvalue weighted by atomic mass is 9.77. The zero-order valence-corrected chi connectivity index (χ0v) is 40.3. The van der Waals surface area contributed by atoms with Gasteiger partial charge in [-0.1, -0.05) is 50.1 Å². The van der Waals surface area contributed by atoms with Gasteiger partial charge in [0, 0.05) is 55.0 Å². The van der Waals surface area contributed by atoms with E-state index in [0.29, 0.717) is 52.8 Å². The summed E-state index contributed by atoms with van der Waals surface area (Å²) in [6.07, 6.45) is 8.93. The number of rotatable bonds is 21. The third kappa shape index (κ3) is 13.1. The molecule has 14 nitrogen and oxygen atoms in total. The summed E-state index contributed by atoms with van der Waals surface area (Å²) in [5, 5.41) is 20.3. The minimum atomic E-state index is -0.820. The normalized spacial score (nSPS) is 15.5. The molecule has 2 N–H and O–H groups in total. The number of nitrogens with zero attached hydrogens (tertiary/aromatic N) is 6. The number of halogens is 1. The van der Waals surface area contributed by atoms with Gasteiger partial charge >= 0.3 is 0 Å². The van der Waals surface area contributed by atoms with Crippen LogP contribution >= 0.6 is 24.4 Å². The van der Waals surface area contributed by atoms with Crippen LogP contribution in [0.1, 0.15) is 117 Å². The highest BCUT2D eigenvalue weighted by atomic mass is 35.5. The van der Waals surface area contributed by atoms with Gasteiger partial charge in [-0.3, -0.25) is 14.4 Å². The first kappa shape index (κ1) is 49.9. The Kier molecular flexibility index (Phi) is 16.9. The first-order valence-electron chi connectivity index (χ1n) is 22.5. The number of benzene rings is 3. The molecule has 2 unspecified atom stereocenters. The molecule has 1 aliphatic heterocycles. The fourth-order valence-corrected chi connectivity index (χ4v) is 8.43. The maximum Gasteiger partial charge on any atom is 0.273 e. The van der Waals surface area contributed by atoms with Gasteiger partial charge in [-0.2, -0.15) is 15.9 Å². The summed E-state index contributed by atoms with van der Waals surface area (Å²) in [7, 11) is 1.41. The summed E-state index contributed by atoms with van der Waals surface area (Å²) >= 11 is 10.8. The van der Waals surface area contributed by atoms with Crippen molar-refractivity contribution in [3.63, 3.8) is 0 Å². The molecule has 1 aromatic heterocycles. The van der Waals surface area contributed by atoms with E-state index < -0.39 is 15.6 Å². The highest BCUT2D eigenvalue weighted by molar-refractivity contribution is 7.74. The van der Waals surface area contributed by atoms with E-state index in [4.69, 9.17) is 25.8 Å². The number of piperidine rings is 1. The predicted molar refractivity (Wildman–Crippen MR) is 257 cm³/mol. The molecule has 16 heteroatoms. The summed E-state index contributed by atoms with van der Waals surface area (Å²) in [6, 6.07) is 20.5. The van der Waals surface area contributed by atoms with Crippen molar-refractivity contribution in [2.45, 2.75) is 110 Å². The molecule has 2 atom stereocenters. The van der Waals surface area contributed by atoms with E-state index in [1.165, 1.54) is 14.0 Å². The summed E-state index contributed by atoms with van der Waals surface area (Å²) in [4.78, 5) is 51.4. The number of ether oxygens (including phenoxy) is 3. The number of Topliss-reactive ketones (excluding diaryl/α,β-unsaturated/α-hetero) is 2. The average Bonchev–Trinajstić information content (AvgIpc) is 3.27. The number of amides is 1. The molecule has 1 saturated carbocycles. The molecule has 2 heterocycles. The van der Waals surface area contributed by atoms with Crippen molar-refractivity contribution < 1.29 is 38.0 Å². The van der Waals surface area contributed by atoms with Crippen LogP contribution in [0, 0.1) is 18.3 Å². The Morgan fingerprint density at radius 2 is 1.80 bits per heavy atom. The van der Waals surface area contributed by atoms with Gasteiger partial charge in [0.1, 0.15) is 50.7 Å². The monoisotopic (exact) mass is 938 g/mol. The number of hydrogen-bond donors (Lipinski definition) is 3. The van der Waals surface area contributed by atoms with Crippen molar-refractivity contribution in [2.75, 3.05) is 43.7 Å². The number of anilines is 2. The van der Waals surface area contributed by atoms with Crippen molar-refractivity contribution >= 4 is 53.5 Å². The predicted octanol–water partition coefficient (Wildman–Crippen LogP) is 9.51. The Morgan fingerprint density at radius 1 is 1.08 bits per heavy atom. The van der Waals surface area contributed by atoms with Crippen molar-refractivity contribution in [1.29, 1.82) is 5.26 Å². The molecule has 0 bridgehead atoms. The second-order valence-corrected chi connectivity index (χ2v) is 18.8. The van der Waals surface area contributed by atoms with Gasteiger partial charge < -0.3 is 24.0 Å². The third-order valence-corrected chi connectivity index (χ3v) is 12.6. The number of carbonyl (C=O) groups excluding carboxylic acids is 3. The van der Waals surface area contributed by atoms with Crippen LogP contribution in [0.15, 0.2) is 78.6 Å². The number of aromatic nitrogens is 2. The molecule has 0 spiro atoms. The number of nitriles is 1. The second kappa shape index (κ2) is 22.3. The van der Waals surface area contributed by atoms with E-state index in [9.17, 15) is 24.9 Å². The van der Waals surface area contributed by atoms with E-state index in [0.717, 1.165) is 73.1 Å². The molecule has 1 amide bonds. The molecular weight excluding hydrogens is 878 g/mol. The number of aryl methyl sites for hydroxylation is 1. The van der Waals surface area contributed by atoms with E-state index in [1.54, 1.807) is 17.2 Å². The maximum atomic E-state index is 14.1. The Balaban J connectivity index is 0.991. The minimum absolute atomic E-state index is 0.0347. The summed E-state index contributed by atoms with van der Waals surface area (Å²) in [6.45, 7) is 11.6. The number of quaternary nitrogens is 1. The molecule has 350 valence electrons. The first-order chi connectivity index (χ1) is 31.4. The number of ketones is 2. The molecule has 4 aromatic rings. The number of carbonyl (C=O) groups is 3. The van der Waals surface area contributed by atoms with Gasteiger partial charge in [0.25, 0.3) is 11.9 Å². The molecule has 2 aliphatic rings. The third-order valence-electron chi connectivity index (χ3n) is 12.3. The number of nitrogens with one attached hydrogen (secondary N) is 1. The van der Waals surface area contributed by atoms with Crippen molar-refractivity contribution in [2.24, 2.45) is 0 Å². The zero-order chi connectivity index (χ0) is 47.6. The largest absolute Gasteiger partial charge is 0.488 e. The summed E-state index contributed by atoms with van der Waals surface area (Å²) in [5.74, 6) is 0.901. The van der Waals surface area contributed by atoms with E-state index in [1.807, 2.05) is 74.6 Å². The highest BCUT2D eigenvalue weighted by Gasteiger charge is 2.31. The smallest absolute Gasteiger partial charge is 0.273 e. The minimum Gasteiger partial charge on any atom is -0.488 e. The first-order valence-corrected chi connectivity index (χ1v) is 23.3. The molecule has 66 heavy (non-hydrogen) atoms. The lowest BCUT2D eigenvalue weighted by Crippen LogP contribution is -2.42. The molecule has 1 saturated heterocycles. The van der Waals surface area contributed by atoms with Crippen LogP contribution in [0.25, 0.3) is 0 Å². The van der Waals surface area contributed by atoms with Crippen LogP contribution in [0.5, 0.6) is 11.5 Å². The van der Waals surface area contributed by atoms with E-state index in [-0.39, 0.29) is 49.2 Å². The SMILES string of the molecule is CCC(=O)CCC(C(C)=O)N(C=C1CCC1)C(=O)c1ccc(N2CCC(OCCOc3c(Cl)cc(C(C)(C)c4ccc(OCc5ccnc(N[N+](C)(O)S)n5)cc4)cc3C#N)CC2)cc1C. The Labute approximate surface area is 398 Å². The Hall–Kier alpha value is -5.50. The van der Waals surface area contributed by atoms with E-state index >= 15 is 0 Å². The van der Waals surface area contributed by atoms with Gasteiger partial charge in [0.05, 0.1) is 35.0 Å². The van der Waals surface area contributed by atoms with Crippen LogP contribution in [0.4, 0.5) is 11.6 Å². The van der Waals surface area contributed by atoms with Crippen LogP contribution in [-0.2, 0) is 26.3 Å². The highest BCUT2D eigenvalue weighted by Crippen LogP contribution is 2.39. The van der Waals surface area contributed by atoms with Crippen molar-refractivity contribution in [3.05, 3.63) is 117 Å². The van der Waals surface area contributed by atoms with Crippen LogP contribution in [0.2, 0.25) is 5.02 Å². The van der Waals surface area contributed by atoms with Gasteiger partial charge in [-0.25, -0.2) is 9.97 Å². The number of thiol groups is 1. The van der Waals surface area contributed by atoms with E-state index in [2.05, 4.69) is 53.0 Å². The zero-order valence-electron chi connectivity index (χ0n) is 38.7. The average molecular weight is 940 g/mol. The number of hydrogen-bond acceptors (Lipinski definition) is 13. The molecule has 2 fully saturated rings. The molecule has 0 radical (unpaired) electrons. The Bertz CT molecular complexity index is 2440. The van der Waals surface area contributed by atoms with Crippen LogP contribution < -0.4 is 19.8 Å². The van der Waals surface area contributed by atoms with Crippen LogP contribution in [-0.4, -0.2) is 87.2 Å². The van der Waals surface area contributed by atoms with Gasteiger partial charge in [-0.15, -0.1) is 0 Å².